The molecule has 1 heterocycles. The van der Waals surface area contributed by atoms with Gasteiger partial charge in [0, 0.05) is 18.6 Å². The van der Waals surface area contributed by atoms with Crippen molar-refractivity contribution in [3.8, 4) is 0 Å². The van der Waals surface area contributed by atoms with Crippen molar-refractivity contribution in [3.63, 3.8) is 0 Å². The highest BCUT2D eigenvalue weighted by atomic mass is 28.4. The van der Waals surface area contributed by atoms with Gasteiger partial charge in [0.1, 0.15) is 12.6 Å². The van der Waals surface area contributed by atoms with Gasteiger partial charge in [-0.3, -0.25) is 0 Å². The molecule has 7 heteroatoms. The summed E-state index contributed by atoms with van der Waals surface area (Å²) in [5.41, 5.74) is 5.61. The van der Waals surface area contributed by atoms with Crippen LogP contribution >= 0.6 is 0 Å². The Morgan fingerprint density at radius 3 is 2.26 bits per heavy atom. The standard InChI is InChI=1S/C50H77NO4Si2/c1-35-38(31-40(55-57(11,12)47(5,6)7)32-39(35)33-54-56(9,10)46(2,3)4)21-20-36-19-16-25-48(8)41(36)22-23-43(48)49(27-28-49)26-24-44(52)50(29-30-50)45-51-42(34-53-45)37-17-14-13-15-18-37/h13-15,17-18,20-21,24,26,39-44,52H,1,16,19,22-23,25,27-34H2,2-12H3/b26-24+,36-20+,38-21-/t39?,40-,41+,42?,43+,44+,48+/m1/s1. The van der Waals surface area contributed by atoms with Gasteiger partial charge >= 0.3 is 0 Å². The maximum Gasteiger partial charge on any atom is 0.193 e. The van der Waals surface area contributed by atoms with Crippen molar-refractivity contribution in [2.45, 2.75) is 174 Å². The first-order chi connectivity index (χ1) is 26.6. The molecule has 6 aliphatic rings. The zero-order valence-corrected chi connectivity index (χ0v) is 39.7. The van der Waals surface area contributed by atoms with E-state index in [-0.39, 0.29) is 44.4 Å². The Balaban J connectivity index is 1.07. The van der Waals surface area contributed by atoms with Gasteiger partial charge in [-0.25, -0.2) is 4.99 Å². The zero-order chi connectivity index (χ0) is 41.2. The lowest BCUT2D eigenvalue weighted by molar-refractivity contribution is 0.0969. The number of nitrogens with zero attached hydrogens (tertiary/aromatic N) is 1. The lowest BCUT2D eigenvalue weighted by Gasteiger charge is -2.45. The fourth-order valence-corrected chi connectivity index (χ4v) is 13.0. The summed E-state index contributed by atoms with van der Waals surface area (Å²) in [5.74, 6) is 2.32. The van der Waals surface area contributed by atoms with Gasteiger partial charge in [-0.1, -0.05) is 115 Å². The van der Waals surface area contributed by atoms with Gasteiger partial charge in [0.2, 0.25) is 0 Å². The third-order valence-corrected chi connectivity index (χ3v) is 25.9. The molecule has 5 aliphatic carbocycles. The topological polar surface area (TPSA) is 60.3 Å². The van der Waals surface area contributed by atoms with Gasteiger partial charge in [-0.15, -0.1) is 0 Å². The van der Waals surface area contributed by atoms with E-state index < -0.39 is 22.7 Å². The van der Waals surface area contributed by atoms with Gasteiger partial charge in [-0.05, 0) is 146 Å². The molecule has 5 fully saturated rings. The van der Waals surface area contributed by atoms with Crippen molar-refractivity contribution in [1.29, 1.82) is 0 Å². The molecule has 7 rings (SSSR count). The Bertz CT molecular complexity index is 1770. The molecule has 1 aromatic rings. The Kier molecular flexibility index (Phi) is 11.7. The minimum Gasteiger partial charge on any atom is -0.478 e. The molecule has 5 saturated carbocycles. The molecule has 0 spiro atoms. The van der Waals surface area contributed by atoms with Crippen LogP contribution in [-0.4, -0.2) is 53.1 Å². The molecule has 2 unspecified atom stereocenters. The molecule has 1 N–H and O–H groups in total. The minimum absolute atomic E-state index is 0.0280. The van der Waals surface area contributed by atoms with Crippen LogP contribution < -0.4 is 0 Å². The highest BCUT2D eigenvalue weighted by Gasteiger charge is 2.61. The van der Waals surface area contributed by atoms with E-state index in [4.69, 9.17) is 25.2 Å². The van der Waals surface area contributed by atoms with Crippen molar-refractivity contribution in [2.24, 2.45) is 39.0 Å². The minimum atomic E-state index is -1.95. The summed E-state index contributed by atoms with van der Waals surface area (Å²) >= 11 is 0. The number of rotatable bonds is 12. The van der Waals surface area contributed by atoms with Gasteiger partial charge in [-0.2, -0.15) is 0 Å². The van der Waals surface area contributed by atoms with Gasteiger partial charge in [0.25, 0.3) is 0 Å². The Hall–Kier alpha value is -2.04. The molecule has 0 saturated heterocycles. The zero-order valence-electron chi connectivity index (χ0n) is 37.7. The molecular weight excluding hydrogens is 735 g/mol. The van der Waals surface area contributed by atoms with Crippen LogP contribution in [0.1, 0.15) is 131 Å². The van der Waals surface area contributed by atoms with E-state index in [0.29, 0.717) is 18.4 Å². The predicted octanol–water partition coefficient (Wildman–Crippen LogP) is 13.1. The smallest absolute Gasteiger partial charge is 0.193 e. The molecular formula is C50H77NO4Si2. The predicted molar refractivity (Wildman–Crippen MR) is 242 cm³/mol. The molecule has 314 valence electrons. The number of fused-ring (bicyclic) bond motifs is 1. The van der Waals surface area contributed by atoms with Crippen LogP contribution in [-0.2, 0) is 13.6 Å². The van der Waals surface area contributed by atoms with Crippen LogP contribution in [0, 0.1) is 34.0 Å². The van der Waals surface area contributed by atoms with E-state index in [1.807, 2.05) is 6.07 Å². The van der Waals surface area contributed by atoms with Crippen LogP contribution in [0.5, 0.6) is 0 Å². The van der Waals surface area contributed by atoms with Crippen LogP contribution in [0.3, 0.4) is 0 Å². The van der Waals surface area contributed by atoms with E-state index in [1.165, 1.54) is 61.7 Å². The molecule has 1 aromatic carbocycles. The lowest BCUT2D eigenvalue weighted by atomic mass is 9.60. The first kappa shape index (κ1) is 43.1. The number of aliphatic hydroxyl groups excluding tert-OH is 1. The Morgan fingerprint density at radius 1 is 0.947 bits per heavy atom. The van der Waals surface area contributed by atoms with Gasteiger partial charge in [0.05, 0.1) is 11.5 Å². The molecule has 1 aliphatic heterocycles. The number of hydrogen-bond acceptors (Lipinski definition) is 5. The molecule has 0 bridgehead atoms. The van der Waals surface area contributed by atoms with E-state index in [9.17, 15) is 5.11 Å². The number of hydrogen-bond donors (Lipinski definition) is 1. The average Bonchev–Trinajstić information content (AvgIpc) is 4.03. The quantitative estimate of drug-likeness (QED) is 0.169. The average molecular weight is 812 g/mol. The number of aliphatic imine (C=N–C) groups is 1. The van der Waals surface area contributed by atoms with E-state index in [0.717, 1.165) is 38.2 Å². The van der Waals surface area contributed by atoms with Crippen LogP contribution in [0.15, 0.2) is 82.9 Å². The van der Waals surface area contributed by atoms with Gasteiger partial charge in [0.15, 0.2) is 22.5 Å². The number of allylic oxidation sites excluding steroid dienone is 4. The maximum atomic E-state index is 11.7. The molecule has 57 heavy (non-hydrogen) atoms. The highest BCUT2D eigenvalue weighted by molar-refractivity contribution is 6.74. The van der Waals surface area contributed by atoms with Crippen molar-refractivity contribution in [2.75, 3.05) is 13.2 Å². The summed E-state index contributed by atoms with van der Waals surface area (Å²) < 4.78 is 20.2. The third kappa shape index (κ3) is 8.50. The van der Waals surface area contributed by atoms with Crippen molar-refractivity contribution in [1.82, 2.24) is 0 Å². The van der Waals surface area contributed by atoms with Crippen molar-refractivity contribution < 1.29 is 18.7 Å². The summed E-state index contributed by atoms with van der Waals surface area (Å²) in [4.78, 5) is 5.02. The summed E-state index contributed by atoms with van der Waals surface area (Å²) in [5, 5.41) is 12.1. The summed E-state index contributed by atoms with van der Waals surface area (Å²) in [6, 6.07) is 10.5. The molecule has 5 nitrogen and oxygen atoms in total. The number of aliphatic hydroxyl groups is 1. The second kappa shape index (κ2) is 15.5. The fraction of sp³-hybridized carbons (Fsp3) is 0.700. The van der Waals surface area contributed by atoms with Crippen LogP contribution in [0.25, 0.3) is 0 Å². The summed E-state index contributed by atoms with van der Waals surface area (Å²) in [7, 11) is -3.85. The normalized spacial score (nSPS) is 33.4. The van der Waals surface area contributed by atoms with Crippen LogP contribution in [0.4, 0.5) is 0 Å². The Morgan fingerprint density at radius 2 is 1.63 bits per heavy atom. The van der Waals surface area contributed by atoms with E-state index in [2.05, 4.69) is 123 Å². The number of benzene rings is 1. The summed E-state index contributed by atoms with van der Waals surface area (Å²) in [6.45, 7) is 32.3. The summed E-state index contributed by atoms with van der Waals surface area (Å²) in [6.07, 6.45) is 21.9. The molecule has 0 amide bonds. The largest absolute Gasteiger partial charge is 0.478 e. The van der Waals surface area contributed by atoms with Gasteiger partial charge < -0.3 is 18.7 Å². The van der Waals surface area contributed by atoms with E-state index >= 15 is 0 Å². The SMILES string of the molecule is C=C1/C(=C\C=C2/CCC[C@]3(C)[C@@H](C4(/C=C/[C@H](O)C5(C6=NC(c7ccccc7)CO6)CC5)CC4)CC[C@@H]23)C[C@@H](O[Si](C)(C)C(C)(C)C)CC1CO[Si](C)(C)C(C)(C)C. The third-order valence-electron chi connectivity index (χ3n) is 16.8. The first-order valence-electron chi connectivity index (χ1n) is 22.6. The van der Waals surface area contributed by atoms with Crippen molar-refractivity contribution >= 4 is 22.5 Å². The molecule has 0 aromatic heterocycles. The van der Waals surface area contributed by atoms with Crippen molar-refractivity contribution in [3.05, 3.63) is 83.5 Å². The second-order valence-electron chi connectivity index (χ2n) is 22.6. The first-order valence-corrected chi connectivity index (χ1v) is 28.5. The molecule has 0 radical (unpaired) electrons. The monoisotopic (exact) mass is 812 g/mol. The fourth-order valence-electron chi connectivity index (χ4n) is 10.6. The highest BCUT2D eigenvalue weighted by Crippen LogP contribution is 2.69. The number of ether oxygens (including phenoxy) is 1. The second-order valence-corrected chi connectivity index (χ2v) is 32.1. The maximum absolute atomic E-state index is 11.7. The lowest BCUT2D eigenvalue weighted by Crippen LogP contribution is -2.46. The van der Waals surface area contributed by atoms with E-state index in [1.54, 1.807) is 5.57 Å². The Labute approximate surface area is 349 Å². The molecule has 7 atom stereocenters. The van der Waals surface area contributed by atoms with Crippen LogP contribution in [0.2, 0.25) is 36.3 Å².